The number of hydrazine groups is 1. The maximum Gasteiger partial charge on any atom is 0.254 e. The van der Waals surface area contributed by atoms with Crippen LogP contribution in [0.25, 0.3) is 10.9 Å². The third-order valence-electron chi connectivity index (χ3n) is 5.47. The number of aryl methyl sites for hydroxylation is 1. The summed E-state index contributed by atoms with van der Waals surface area (Å²) in [7, 11) is 0. The van der Waals surface area contributed by atoms with E-state index in [1.807, 2.05) is 54.0 Å². The molecule has 0 atom stereocenters. The van der Waals surface area contributed by atoms with E-state index in [9.17, 15) is 10.0 Å². The van der Waals surface area contributed by atoms with Gasteiger partial charge in [-0.1, -0.05) is 23.2 Å². The van der Waals surface area contributed by atoms with Crippen molar-refractivity contribution in [3.05, 3.63) is 58.0 Å². The molecule has 2 heterocycles. The molecule has 1 aromatic heterocycles. The van der Waals surface area contributed by atoms with Crippen LogP contribution in [-0.2, 0) is 6.67 Å². The summed E-state index contributed by atoms with van der Waals surface area (Å²) in [5.41, 5.74) is 8.94. The normalized spacial score (nSPS) is 14.6. The van der Waals surface area contributed by atoms with Gasteiger partial charge in [0.15, 0.2) is 0 Å². The molecule has 8 nitrogen and oxygen atoms in total. The third-order valence-corrected chi connectivity index (χ3v) is 5.90. The van der Waals surface area contributed by atoms with Crippen molar-refractivity contribution in [3.63, 3.8) is 0 Å². The molecular weight excluding hydrogens is 436 g/mol. The van der Waals surface area contributed by atoms with Crippen LogP contribution in [0.5, 0.6) is 5.88 Å². The fraction of sp³-hybridized carbons (Fsp3) is 0.286. The number of fused-ring (bicyclic) bond motifs is 1. The summed E-state index contributed by atoms with van der Waals surface area (Å²) in [6.07, 6.45) is 0. The van der Waals surface area contributed by atoms with Gasteiger partial charge in [-0.15, -0.1) is 4.91 Å². The fourth-order valence-corrected chi connectivity index (χ4v) is 4.04. The second-order valence-electron chi connectivity index (χ2n) is 7.52. The summed E-state index contributed by atoms with van der Waals surface area (Å²) in [6.45, 7) is 6.00. The predicted octanol–water partition coefficient (Wildman–Crippen LogP) is 4.06. The van der Waals surface area contributed by atoms with Crippen LogP contribution in [0.15, 0.2) is 47.6 Å². The van der Waals surface area contributed by atoms with Gasteiger partial charge in [0.1, 0.15) is 5.69 Å². The number of aromatic nitrogens is 1. The van der Waals surface area contributed by atoms with Crippen LogP contribution in [0.4, 0.5) is 11.4 Å². The molecule has 0 bridgehead atoms. The molecule has 0 aliphatic carbocycles. The van der Waals surface area contributed by atoms with Gasteiger partial charge < -0.3 is 10.0 Å². The minimum absolute atomic E-state index is 0.0712. The Balaban J connectivity index is 1.52. The van der Waals surface area contributed by atoms with Crippen LogP contribution in [0.2, 0.25) is 5.02 Å². The van der Waals surface area contributed by atoms with Crippen molar-refractivity contribution in [3.8, 4) is 5.88 Å². The lowest BCUT2D eigenvalue weighted by Crippen LogP contribution is -2.46. The number of benzene rings is 2. The molecule has 1 saturated heterocycles. The number of anilines is 2. The minimum Gasteiger partial charge on any atom is -0.493 e. The van der Waals surface area contributed by atoms with Crippen molar-refractivity contribution in [2.75, 3.05) is 36.5 Å². The van der Waals surface area contributed by atoms with Gasteiger partial charge in [0, 0.05) is 47.5 Å². The number of nitroso groups, excluding NO2 is 1. The summed E-state index contributed by atoms with van der Waals surface area (Å²) in [5.74, 6) is 0.0712. The first kappa shape index (κ1) is 21.4. The van der Waals surface area contributed by atoms with E-state index >= 15 is 0 Å². The Morgan fingerprint density at radius 1 is 1.16 bits per heavy atom. The van der Waals surface area contributed by atoms with E-state index in [4.69, 9.17) is 23.8 Å². The number of piperazine rings is 1. The summed E-state index contributed by atoms with van der Waals surface area (Å²) < 4.78 is 1.86. The maximum absolute atomic E-state index is 10.9. The summed E-state index contributed by atoms with van der Waals surface area (Å²) in [5, 5.41) is 14.9. The Morgan fingerprint density at radius 3 is 2.55 bits per heavy atom. The van der Waals surface area contributed by atoms with Gasteiger partial charge in [0.2, 0.25) is 5.88 Å². The Labute approximate surface area is 190 Å². The van der Waals surface area contributed by atoms with Crippen LogP contribution in [0.3, 0.4) is 0 Å². The van der Waals surface area contributed by atoms with Crippen molar-refractivity contribution in [1.29, 1.82) is 0 Å². The lowest BCUT2D eigenvalue weighted by molar-refractivity contribution is 0.200. The van der Waals surface area contributed by atoms with Crippen LogP contribution in [-0.4, -0.2) is 45.9 Å². The monoisotopic (exact) mass is 458 g/mol. The highest BCUT2D eigenvalue weighted by atomic mass is 35.5. The molecule has 0 spiro atoms. The number of nitrogens with zero attached hydrogens (tertiary/aromatic N) is 4. The number of rotatable bonds is 5. The standard InChI is InChI=1S/C21H23ClN6O2S/c1-14-2-7-18-17(12-14)19(23-24-21(31)25-30)20(29)28(18)13-26-8-10-27(11-9-26)16-5-3-15(22)4-6-16/h2-7,12,23,29H,8-11,13H2,1H3,(H,24,31). The number of halogens is 1. The van der Waals surface area contributed by atoms with E-state index < -0.39 is 0 Å². The summed E-state index contributed by atoms with van der Waals surface area (Å²) in [6, 6.07) is 13.9. The zero-order valence-corrected chi connectivity index (χ0v) is 18.6. The molecule has 0 unspecified atom stereocenters. The predicted molar refractivity (Wildman–Crippen MR) is 129 cm³/mol. The third kappa shape index (κ3) is 4.58. The molecule has 0 amide bonds. The Bertz CT molecular complexity index is 1110. The second kappa shape index (κ2) is 9.09. The molecular formula is C21H23ClN6O2S. The van der Waals surface area contributed by atoms with Crippen molar-refractivity contribution in [2.24, 2.45) is 5.18 Å². The molecule has 3 N–H and O–H groups in total. The lowest BCUT2D eigenvalue weighted by atomic mass is 10.1. The number of nitrogens with one attached hydrogen (secondary N) is 2. The highest BCUT2D eigenvalue weighted by molar-refractivity contribution is 7.80. The van der Waals surface area contributed by atoms with Crippen molar-refractivity contribution >= 4 is 51.2 Å². The smallest absolute Gasteiger partial charge is 0.254 e. The zero-order chi connectivity index (χ0) is 22.0. The highest BCUT2D eigenvalue weighted by Gasteiger charge is 2.22. The maximum atomic E-state index is 10.9. The topological polar surface area (TPSA) is 85.1 Å². The molecule has 1 aliphatic rings. The number of hydrogen-bond donors (Lipinski definition) is 3. The molecule has 4 rings (SSSR count). The highest BCUT2D eigenvalue weighted by Crippen LogP contribution is 2.36. The van der Waals surface area contributed by atoms with E-state index in [0.717, 1.165) is 53.4 Å². The minimum atomic E-state index is -0.230. The quantitative estimate of drug-likeness (QED) is 0.302. The Kier molecular flexibility index (Phi) is 6.26. The first-order valence-corrected chi connectivity index (χ1v) is 10.7. The average molecular weight is 459 g/mol. The molecule has 1 fully saturated rings. The number of hydrogen-bond acceptors (Lipinski definition) is 6. The number of aromatic hydroxyl groups is 1. The summed E-state index contributed by atoms with van der Waals surface area (Å²) >= 11 is 10.8. The van der Waals surface area contributed by atoms with Crippen LogP contribution < -0.4 is 15.8 Å². The van der Waals surface area contributed by atoms with E-state index in [1.165, 1.54) is 0 Å². The van der Waals surface area contributed by atoms with Crippen LogP contribution >= 0.6 is 23.8 Å². The van der Waals surface area contributed by atoms with Crippen LogP contribution in [0, 0.1) is 11.8 Å². The Morgan fingerprint density at radius 2 is 1.87 bits per heavy atom. The van der Waals surface area contributed by atoms with Gasteiger partial charge in [-0.3, -0.25) is 20.3 Å². The van der Waals surface area contributed by atoms with Crippen molar-refractivity contribution in [2.45, 2.75) is 13.6 Å². The average Bonchev–Trinajstić information content (AvgIpc) is 3.03. The fourth-order valence-electron chi connectivity index (χ4n) is 3.86. The van der Waals surface area contributed by atoms with Gasteiger partial charge in [-0.2, -0.15) is 0 Å². The first-order chi connectivity index (χ1) is 15.0. The van der Waals surface area contributed by atoms with Gasteiger partial charge in [-0.25, -0.2) is 0 Å². The SMILES string of the molecule is Cc1ccc2c(c1)c(NNC(=S)N=O)c(O)n2CN1CCN(c2ccc(Cl)cc2)CC1. The molecule has 0 radical (unpaired) electrons. The molecule has 0 saturated carbocycles. The van der Waals surface area contributed by atoms with Crippen LogP contribution in [0.1, 0.15) is 5.56 Å². The molecule has 2 aromatic carbocycles. The second-order valence-corrected chi connectivity index (χ2v) is 8.34. The van der Waals surface area contributed by atoms with Gasteiger partial charge in [0.25, 0.3) is 5.11 Å². The molecule has 3 aromatic rings. The van der Waals surface area contributed by atoms with Gasteiger partial charge in [-0.05, 0) is 55.5 Å². The van der Waals surface area contributed by atoms with Crippen molar-refractivity contribution < 1.29 is 5.11 Å². The first-order valence-electron chi connectivity index (χ1n) is 9.90. The van der Waals surface area contributed by atoms with E-state index in [0.29, 0.717) is 12.4 Å². The molecule has 10 heteroatoms. The molecule has 162 valence electrons. The molecule has 1 aliphatic heterocycles. The van der Waals surface area contributed by atoms with E-state index in [1.54, 1.807) is 0 Å². The van der Waals surface area contributed by atoms with Crippen molar-refractivity contribution in [1.82, 2.24) is 14.9 Å². The largest absolute Gasteiger partial charge is 0.493 e. The molecule has 31 heavy (non-hydrogen) atoms. The number of thiocarbonyl (C=S) groups is 1. The Hall–Kier alpha value is -2.88. The van der Waals surface area contributed by atoms with Gasteiger partial charge >= 0.3 is 0 Å². The lowest BCUT2D eigenvalue weighted by Gasteiger charge is -2.36. The van der Waals surface area contributed by atoms with E-state index in [-0.39, 0.29) is 11.0 Å². The zero-order valence-electron chi connectivity index (χ0n) is 17.0. The van der Waals surface area contributed by atoms with Gasteiger partial charge in [0.05, 0.1) is 12.2 Å². The van der Waals surface area contributed by atoms with E-state index in [2.05, 4.69) is 25.8 Å². The summed E-state index contributed by atoms with van der Waals surface area (Å²) in [4.78, 5) is 15.2.